The second-order valence-corrected chi connectivity index (χ2v) is 4.76. The van der Waals surface area contributed by atoms with Crippen LogP contribution in [0.5, 0.6) is 0 Å². The molecule has 0 fully saturated rings. The molecule has 0 spiro atoms. The minimum absolute atomic E-state index is 0.0289. The first-order valence-corrected chi connectivity index (χ1v) is 6.42. The van der Waals surface area contributed by atoms with Crippen LogP contribution in [0.4, 0.5) is 18.9 Å². The highest BCUT2D eigenvalue weighted by molar-refractivity contribution is 5.57. The predicted molar refractivity (Wildman–Crippen MR) is 72.4 cm³/mol. The maximum absolute atomic E-state index is 13.2. The Morgan fingerprint density at radius 2 is 1.89 bits per heavy atom. The van der Waals surface area contributed by atoms with Gasteiger partial charge in [0.25, 0.3) is 0 Å². The number of nitrogens with one attached hydrogen (secondary N) is 1. The molecular formula is C14H21F3N2. The van der Waals surface area contributed by atoms with Gasteiger partial charge in [-0.15, -0.1) is 0 Å². The average molecular weight is 274 g/mol. The molecule has 0 unspecified atom stereocenters. The van der Waals surface area contributed by atoms with E-state index < -0.39 is 11.7 Å². The highest BCUT2D eigenvalue weighted by Gasteiger charge is 2.35. The van der Waals surface area contributed by atoms with Crippen LogP contribution in [0.2, 0.25) is 0 Å². The summed E-state index contributed by atoms with van der Waals surface area (Å²) in [7, 11) is 1.72. The molecule has 0 heterocycles. The normalized spacial score (nSPS) is 12.0. The van der Waals surface area contributed by atoms with Crippen LogP contribution in [-0.4, -0.2) is 19.6 Å². The van der Waals surface area contributed by atoms with E-state index in [9.17, 15) is 13.2 Å². The Kier molecular flexibility index (Phi) is 5.23. The van der Waals surface area contributed by atoms with E-state index in [0.717, 1.165) is 0 Å². The maximum Gasteiger partial charge on any atom is 0.418 e. The first kappa shape index (κ1) is 15.8. The number of hydrogen-bond acceptors (Lipinski definition) is 2. The van der Waals surface area contributed by atoms with Crippen LogP contribution >= 0.6 is 0 Å². The van der Waals surface area contributed by atoms with Gasteiger partial charge in [-0.2, -0.15) is 13.2 Å². The van der Waals surface area contributed by atoms with Gasteiger partial charge in [-0.25, -0.2) is 0 Å². The van der Waals surface area contributed by atoms with Gasteiger partial charge in [0.05, 0.1) is 5.56 Å². The summed E-state index contributed by atoms with van der Waals surface area (Å²) in [6, 6.07) is 4.57. The summed E-state index contributed by atoms with van der Waals surface area (Å²) in [6.07, 6.45) is -4.33. The minimum atomic E-state index is -4.33. The SMILES string of the molecule is CCN(c1ccc(CNC)cc1C(F)(F)F)C(C)C. The third-order valence-corrected chi connectivity index (χ3v) is 3.02. The number of hydrogen-bond donors (Lipinski definition) is 1. The standard InChI is InChI=1S/C14H21F3N2/c1-5-19(10(2)3)13-7-6-11(9-18-4)8-12(13)14(15,16)17/h6-8,10,18H,5,9H2,1-4H3. The van der Waals surface area contributed by atoms with Crippen LogP contribution in [0.1, 0.15) is 31.9 Å². The van der Waals surface area contributed by atoms with Crippen molar-refractivity contribution in [3.05, 3.63) is 29.3 Å². The van der Waals surface area contributed by atoms with E-state index in [4.69, 9.17) is 0 Å². The molecule has 108 valence electrons. The number of alkyl halides is 3. The van der Waals surface area contributed by atoms with E-state index in [1.807, 2.05) is 20.8 Å². The summed E-state index contributed by atoms with van der Waals surface area (Å²) in [5.41, 5.74) is 0.332. The summed E-state index contributed by atoms with van der Waals surface area (Å²) in [4.78, 5) is 1.76. The topological polar surface area (TPSA) is 15.3 Å². The van der Waals surface area contributed by atoms with Gasteiger partial charge >= 0.3 is 6.18 Å². The summed E-state index contributed by atoms with van der Waals surface area (Å²) in [5.74, 6) is 0. The van der Waals surface area contributed by atoms with Crippen LogP contribution in [-0.2, 0) is 12.7 Å². The van der Waals surface area contributed by atoms with Crippen molar-refractivity contribution < 1.29 is 13.2 Å². The molecule has 0 atom stereocenters. The lowest BCUT2D eigenvalue weighted by Crippen LogP contribution is -2.32. The number of rotatable bonds is 5. The number of halogens is 3. The van der Waals surface area contributed by atoms with Crippen LogP contribution in [0.15, 0.2) is 18.2 Å². The molecule has 0 aliphatic carbocycles. The van der Waals surface area contributed by atoms with Crippen molar-refractivity contribution in [2.75, 3.05) is 18.5 Å². The van der Waals surface area contributed by atoms with Crippen LogP contribution < -0.4 is 10.2 Å². The maximum atomic E-state index is 13.2. The van der Waals surface area contributed by atoms with Crippen molar-refractivity contribution in [1.82, 2.24) is 5.32 Å². The third kappa shape index (κ3) is 3.86. The fourth-order valence-corrected chi connectivity index (χ4v) is 2.19. The van der Waals surface area contributed by atoms with Gasteiger partial charge in [-0.1, -0.05) is 6.07 Å². The Balaban J connectivity index is 3.30. The molecule has 0 saturated heterocycles. The van der Waals surface area contributed by atoms with E-state index in [0.29, 0.717) is 18.7 Å². The van der Waals surface area contributed by atoms with E-state index in [1.54, 1.807) is 24.1 Å². The van der Waals surface area contributed by atoms with Crippen LogP contribution in [0, 0.1) is 0 Å². The summed E-state index contributed by atoms with van der Waals surface area (Å²) >= 11 is 0. The van der Waals surface area contributed by atoms with Gasteiger partial charge in [-0.05, 0) is 45.5 Å². The second kappa shape index (κ2) is 6.28. The number of benzene rings is 1. The Hall–Kier alpha value is -1.23. The van der Waals surface area contributed by atoms with E-state index in [2.05, 4.69) is 5.32 Å². The van der Waals surface area contributed by atoms with Gasteiger partial charge in [0.15, 0.2) is 0 Å². The lowest BCUT2D eigenvalue weighted by Gasteiger charge is -2.30. The molecule has 0 saturated carbocycles. The number of anilines is 1. The summed E-state index contributed by atoms with van der Waals surface area (Å²) < 4.78 is 39.5. The molecule has 0 aliphatic rings. The van der Waals surface area contributed by atoms with E-state index >= 15 is 0 Å². The average Bonchev–Trinajstić information content (AvgIpc) is 2.30. The van der Waals surface area contributed by atoms with Gasteiger partial charge in [0, 0.05) is 24.8 Å². The monoisotopic (exact) mass is 274 g/mol. The lowest BCUT2D eigenvalue weighted by molar-refractivity contribution is -0.137. The molecule has 1 aromatic carbocycles. The molecule has 0 aromatic heterocycles. The zero-order valence-electron chi connectivity index (χ0n) is 11.8. The summed E-state index contributed by atoms with van der Waals surface area (Å²) in [5, 5.41) is 2.87. The first-order valence-electron chi connectivity index (χ1n) is 6.42. The van der Waals surface area contributed by atoms with Crippen molar-refractivity contribution in [1.29, 1.82) is 0 Å². The Bertz CT molecular complexity index is 414. The molecule has 0 aliphatic heterocycles. The molecule has 0 amide bonds. The van der Waals surface area contributed by atoms with Gasteiger partial charge in [0.1, 0.15) is 0 Å². The Labute approximate surface area is 112 Å². The van der Waals surface area contributed by atoms with Crippen LogP contribution in [0.3, 0.4) is 0 Å². The number of nitrogens with zero attached hydrogens (tertiary/aromatic N) is 1. The van der Waals surface area contributed by atoms with Gasteiger partial charge in [0.2, 0.25) is 0 Å². The molecule has 1 N–H and O–H groups in total. The molecule has 5 heteroatoms. The first-order chi connectivity index (χ1) is 8.81. The molecule has 0 bridgehead atoms. The smallest absolute Gasteiger partial charge is 0.369 e. The summed E-state index contributed by atoms with van der Waals surface area (Å²) in [6.45, 7) is 6.63. The molecule has 0 radical (unpaired) electrons. The van der Waals surface area contributed by atoms with E-state index in [-0.39, 0.29) is 11.7 Å². The fourth-order valence-electron chi connectivity index (χ4n) is 2.19. The van der Waals surface area contributed by atoms with Crippen LogP contribution in [0.25, 0.3) is 0 Å². The predicted octanol–water partition coefficient (Wildman–Crippen LogP) is 3.66. The Morgan fingerprint density at radius 1 is 1.26 bits per heavy atom. The van der Waals surface area contributed by atoms with Crippen molar-refractivity contribution in [3.8, 4) is 0 Å². The molecular weight excluding hydrogens is 253 g/mol. The van der Waals surface area contributed by atoms with Crippen molar-refractivity contribution in [2.24, 2.45) is 0 Å². The second-order valence-electron chi connectivity index (χ2n) is 4.76. The van der Waals surface area contributed by atoms with E-state index in [1.165, 1.54) is 6.07 Å². The quantitative estimate of drug-likeness (QED) is 0.881. The van der Waals surface area contributed by atoms with Crippen molar-refractivity contribution in [3.63, 3.8) is 0 Å². The zero-order chi connectivity index (χ0) is 14.6. The van der Waals surface area contributed by atoms with Gasteiger partial charge < -0.3 is 10.2 Å². The largest absolute Gasteiger partial charge is 0.418 e. The van der Waals surface area contributed by atoms with Crippen molar-refractivity contribution in [2.45, 2.75) is 39.5 Å². The molecule has 2 nitrogen and oxygen atoms in total. The van der Waals surface area contributed by atoms with Gasteiger partial charge in [-0.3, -0.25) is 0 Å². The van der Waals surface area contributed by atoms with Crippen molar-refractivity contribution >= 4 is 5.69 Å². The zero-order valence-corrected chi connectivity index (χ0v) is 11.8. The lowest BCUT2D eigenvalue weighted by atomic mass is 10.1. The highest BCUT2D eigenvalue weighted by atomic mass is 19.4. The Morgan fingerprint density at radius 3 is 2.32 bits per heavy atom. The molecule has 1 aromatic rings. The minimum Gasteiger partial charge on any atom is -0.369 e. The third-order valence-electron chi connectivity index (χ3n) is 3.02. The fraction of sp³-hybridized carbons (Fsp3) is 0.571. The highest BCUT2D eigenvalue weighted by Crippen LogP contribution is 2.37. The molecule has 19 heavy (non-hydrogen) atoms. The molecule has 1 rings (SSSR count).